The molecule has 41 heavy (non-hydrogen) atoms. The summed E-state index contributed by atoms with van der Waals surface area (Å²) in [5.74, 6) is 6.66. The average molecular weight is 568 g/mol. The number of ether oxygens (including phenoxy) is 1. The molecule has 12 nitrogen and oxygen atoms in total. The van der Waals surface area contributed by atoms with E-state index < -0.39 is 0 Å². The van der Waals surface area contributed by atoms with Crippen LogP contribution in [-0.2, 0) is 22.7 Å². The molecule has 1 saturated heterocycles. The third kappa shape index (κ3) is 8.77. The fourth-order valence-corrected chi connectivity index (χ4v) is 5.29. The third-order valence-electron chi connectivity index (χ3n) is 7.44. The smallest absolute Gasteiger partial charge is 0.248 e. The van der Waals surface area contributed by atoms with Gasteiger partial charge in [-0.05, 0) is 43.1 Å². The summed E-state index contributed by atoms with van der Waals surface area (Å²) in [6, 6.07) is 8.45. The molecule has 224 valence electrons. The number of anilines is 2. The SMILES string of the molecule is CCCCCNc1nc(N)nc2ccn(Cc3cc(CN4CCN(CCCNC(=O)CON)CC4)ccc3OC)c12. The summed E-state index contributed by atoms with van der Waals surface area (Å²) < 4.78 is 7.91. The van der Waals surface area contributed by atoms with Gasteiger partial charge in [-0.2, -0.15) is 4.98 Å². The monoisotopic (exact) mass is 567 g/mol. The number of nitrogens with two attached hydrogens (primary N) is 2. The van der Waals surface area contributed by atoms with Crippen molar-refractivity contribution in [1.29, 1.82) is 0 Å². The number of methoxy groups -OCH3 is 1. The summed E-state index contributed by atoms with van der Waals surface area (Å²) >= 11 is 0. The lowest BCUT2D eigenvalue weighted by Crippen LogP contribution is -2.46. The van der Waals surface area contributed by atoms with E-state index in [4.69, 9.17) is 16.4 Å². The van der Waals surface area contributed by atoms with Crippen molar-refractivity contribution in [2.24, 2.45) is 5.90 Å². The molecule has 1 aromatic carbocycles. The first-order chi connectivity index (χ1) is 20.0. The summed E-state index contributed by atoms with van der Waals surface area (Å²) in [6.45, 7) is 10.1. The maximum Gasteiger partial charge on any atom is 0.248 e. The Bertz CT molecular complexity index is 1260. The number of carbonyl (C=O) groups is 1. The third-order valence-corrected chi connectivity index (χ3v) is 7.44. The molecule has 0 spiro atoms. The number of nitrogens with one attached hydrogen (secondary N) is 2. The van der Waals surface area contributed by atoms with E-state index in [0.717, 1.165) is 86.8 Å². The molecule has 0 saturated carbocycles. The summed E-state index contributed by atoms with van der Waals surface area (Å²) in [5, 5.41) is 6.29. The van der Waals surface area contributed by atoms with Gasteiger partial charge in [0.1, 0.15) is 17.9 Å². The zero-order valence-corrected chi connectivity index (χ0v) is 24.4. The van der Waals surface area contributed by atoms with Gasteiger partial charge in [0, 0.05) is 57.6 Å². The molecule has 1 fully saturated rings. The van der Waals surface area contributed by atoms with Crippen molar-refractivity contribution in [2.75, 3.05) is 70.6 Å². The minimum Gasteiger partial charge on any atom is -0.496 e. The molecule has 2 aromatic heterocycles. The molecule has 6 N–H and O–H groups in total. The number of hydrogen-bond acceptors (Lipinski definition) is 10. The Morgan fingerprint density at radius 1 is 1.02 bits per heavy atom. The number of rotatable bonds is 16. The van der Waals surface area contributed by atoms with Crippen LogP contribution < -0.4 is 27.0 Å². The van der Waals surface area contributed by atoms with Gasteiger partial charge in [-0.25, -0.2) is 10.9 Å². The lowest BCUT2D eigenvalue weighted by atomic mass is 10.1. The van der Waals surface area contributed by atoms with E-state index in [1.165, 1.54) is 18.4 Å². The molecule has 0 unspecified atom stereocenters. The number of aromatic nitrogens is 3. The zero-order valence-electron chi connectivity index (χ0n) is 24.4. The number of hydrogen-bond donors (Lipinski definition) is 4. The van der Waals surface area contributed by atoms with E-state index in [9.17, 15) is 4.79 Å². The van der Waals surface area contributed by atoms with Crippen LogP contribution in [0.15, 0.2) is 30.5 Å². The molecule has 0 atom stereocenters. The second-order valence-electron chi connectivity index (χ2n) is 10.5. The highest BCUT2D eigenvalue weighted by Gasteiger charge is 2.18. The highest BCUT2D eigenvalue weighted by Crippen LogP contribution is 2.27. The van der Waals surface area contributed by atoms with Gasteiger partial charge in [-0.1, -0.05) is 25.8 Å². The predicted octanol–water partition coefficient (Wildman–Crippen LogP) is 2.19. The number of amides is 1. The van der Waals surface area contributed by atoms with Gasteiger partial charge in [0.25, 0.3) is 0 Å². The molecule has 0 bridgehead atoms. The molecular weight excluding hydrogens is 522 g/mol. The van der Waals surface area contributed by atoms with E-state index in [-0.39, 0.29) is 18.5 Å². The standard InChI is InChI=1S/C29H45N9O3/c1-3-4-5-10-33-28-27-24(34-29(30)35-28)9-13-38(27)20-23-18-22(7-8-25(23)40-2)19-37-16-14-36(15-17-37)12-6-11-32-26(39)21-41-31/h7-9,13,18H,3-6,10-12,14-17,19-21,31H2,1-2H3,(H,32,39)(H3,30,33,34,35). The van der Waals surface area contributed by atoms with Gasteiger partial charge in [0.15, 0.2) is 5.82 Å². The number of piperazine rings is 1. The van der Waals surface area contributed by atoms with Crippen molar-refractivity contribution in [3.8, 4) is 5.75 Å². The fourth-order valence-electron chi connectivity index (χ4n) is 5.29. The highest BCUT2D eigenvalue weighted by molar-refractivity contribution is 5.87. The summed E-state index contributed by atoms with van der Waals surface area (Å²) in [5.41, 5.74) is 10.2. The Morgan fingerprint density at radius 2 is 1.83 bits per heavy atom. The molecule has 0 aliphatic carbocycles. The Kier molecular flexibility index (Phi) is 11.6. The molecule has 3 heterocycles. The first-order valence-electron chi connectivity index (χ1n) is 14.6. The molecule has 1 aliphatic rings. The van der Waals surface area contributed by atoms with Crippen molar-refractivity contribution in [2.45, 2.75) is 45.7 Å². The van der Waals surface area contributed by atoms with Crippen LogP contribution in [0.1, 0.15) is 43.7 Å². The van der Waals surface area contributed by atoms with E-state index in [0.29, 0.717) is 13.1 Å². The quantitative estimate of drug-likeness (QED) is 0.150. The van der Waals surface area contributed by atoms with Gasteiger partial charge in [0.2, 0.25) is 11.9 Å². The molecule has 1 aliphatic heterocycles. The number of carbonyl (C=O) groups excluding carboxylic acids is 1. The van der Waals surface area contributed by atoms with Crippen LogP contribution >= 0.6 is 0 Å². The number of nitrogens with zero attached hydrogens (tertiary/aromatic N) is 5. The van der Waals surface area contributed by atoms with Crippen LogP contribution in [0.3, 0.4) is 0 Å². The molecule has 1 amide bonds. The fraction of sp³-hybridized carbons (Fsp3) is 0.552. The zero-order chi connectivity index (χ0) is 29.0. The van der Waals surface area contributed by atoms with E-state index in [1.54, 1.807) is 7.11 Å². The summed E-state index contributed by atoms with van der Waals surface area (Å²) in [6.07, 6.45) is 6.36. The van der Waals surface area contributed by atoms with Crippen LogP contribution in [0.2, 0.25) is 0 Å². The van der Waals surface area contributed by atoms with Gasteiger partial charge in [-0.3, -0.25) is 14.5 Å². The van der Waals surface area contributed by atoms with Crippen LogP contribution in [-0.4, -0.2) is 89.8 Å². The minimum absolute atomic E-state index is 0.102. The van der Waals surface area contributed by atoms with Crippen LogP contribution in [0, 0.1) is 0 Å². The Morgan fingerprint density at radius 3 is 2.59 bits per heavy atom. The van der Waals surface area contributed by atoms with Gasteiger partial charge in [-0.15, -0.1) is 0 Å². The highest BCUT2D eigenvalue weighted by atomic mass is 16.6. The lowest BCUT2D eigenvalue weighted by molar-refractivity contribution is -0.125. The molecule has 0 radical (unpaired) electrons. The maximum atomic E-state index is 11.4. The number of fused-ring (bicyclic) bond motifs is 1. The van der Waals surface area contributed by atoms with Crippen LogP contribution in [0.5, 0.6) is 5.75 Å². The molecule has 3 aromatic rings. The summed E-state index contributed by atoms with van der Waals surface area (Å²) in [7, 11) is 1.72. The lowest BCUT2D eigenvalue weighted by Gasteiger charge is -2.34. The van der Waals surface area contributed by atoms with Crippen molar-refractivity contribution < 1.29 is 14.4 Å². The van der Waals surface area contributed by atoms with E-state index >= 15 is 0 Å². The Hall–Kier alpha value is -3.45. The van der Waals surface area contributed by atoms with Crippen molar-refractivity contribution in [3.63, 3.8) is 0 Å². The summed E-state index contributed by atoms with van der Waals surface area (Å²) in [4.78, 5) is 29.7. The van der Waals surface area contributed by atoms with Crippen molar-refractivity contribution in [3.05, 3.63) is 41.6 Å². The second-order valence-corrected chi connectivity index (χ2v) is 10.5. The molecular formula is C29H45N9O3. The Labute approximate surface area is 242 Å². The normalized spacial score (nSPS) is 14.4. The topological polar surface area (TPSA) is 149 Å². The first kappa shape index (κ1) is 30.5. The van der Waals surface area contributed by atoms with Crippen LogP contribution in [0.4, 0.5) is 11.8 Å². The maximum absolute atomic E-state index is 11.4. The van der Waals surface area contributed by atoms with E-state index in [1.807, 2.05) is 12.3 Å². The number of benzene rings is 1. The predicted molar refractivity (Wildman–Crippen MR) is 162 cm³/mol. The first-order valence-corrected chi connectivity index (χ1v) is 14.6. The second kappa shape index (κ2) is 15.5. The largest absolute Gasteiger partial charge is 0.496 e. The van der Waals surface area contributed by atoms with Gasteiger partial charge < -0.3 is 30.6 Å². The number of unbranched alkanes of at least 4 members (excludes halogenated alkanes) is 2. The average Bonchev–Trinajstić information content (AvgIpc) is 3.37. The number of nitrogen functional groups attached to an aromatic ring is 1. The van der Waals surface area contributed by atoms with Gasteiger partial charge >= 0.3 is 0 Å². The molecule has 12 heteroatoms. The van der Waals surface area contributed by atoms with Crippen molar-refractivity contribution >= 4 is 28.7 Å². The van der Waals surface area contributed by atoms with Gasteiger partial charge in [0.05, 0.1) is 19.2 Å². The Balaban J connectivity index is 1.36. The van der Waals surface area contributed by atoms with Crippen molar-refractivity contribution in [1.82, 2.24) is 29.7 Å². The molecule has 4 rings (SSSR count). The van der Waals surface area contributed by atoms with E-state index in [2.05, 4.69) is 64.9 Å². The van der Waals surface area contributed by atoms with Crippen LogP contribution in [0.25, 0.3) is 11.0 Å². The minimum atomic E-state index is -0.182.